The van der Waals surface area contributed by atoms with Gasteiger partial charge >= 0.3 is 0 Å². The summed E-state index contributed by atoms with van der Waals surface area (Å²) in [5.41, 5.74) is 0.801. The van der Waals surface area contributed by atoms with Crippen molar-refractivity contribution in [2.75, 3.05) is 20.1 Å². The van der Waals surface area contributed by atoms with Crippen LogP contribution in [0.25, 0.3) is 0 Å². The predicted molar refractivity (Wildman–Crippen MR) is 81.8 cm³/mol. The summed E-state index contributed by atoms with van der Waals surface area (Å²) in [6.45, 7) is 3.76. The average molecular weight is 346 g/mol. The molecule has 1 saturated heterocycles. The van der Waals surface area contributed by atoms with Crippen molar-refractivity contribution in [1.82, 2.24) is 10.2 Å². The second-order valence-corrected chi connectivity index (χ2v) is 6.49. The largest absolute Gasteiger partial charge is 0.339 e. The molecule has 1 aliphatic rings. The second-order valence-electron chi connectivity index (χ2n) is 5.23. The number of amides is 1. The van der Waals surface area contributed by atoms with E-state index in [-0.39, 0.29) is 11.4 Å². The van der Waals surface area contributed by atoms with Gasteiger partial charge in [0.2, 0.25) is 0 Å². The Balaban J connectivity index is 2.07. The Bertz CT molecular complexity index is 484. The molecule has 3 nitrogen and oxygen atoms in total. The Morgan fingerprint density at radius 2 is 2.05 bits per heavy atom. The van der Waals surface area contributed by atoms with E-state index in [0.717, 1.165) is 30.4 Å². The third-order valence-corrected chi connectivity index (χ3v) is 5.16. The van der Waals surface area contributed by atoms with Crippen LogP contribution in [-0.2, 0) is 0 Å². The minimum atomic E-state index is 0.0625. The zero-order valence-electron chi connectivity index (χ0n) is 11.2. The van der Waals surface area contributed by atoms with Gasteiger partial charge in [0.15, 0.2) is 0 Å². The van der Waals surface area contributed by atoms with Crippen molar-refractivity contribution in [3.8, 4) is 0 Å². The molecule has 5 heteroatoms. The quantitative estimate of drug-likeness (QED) is 0.892. The molecule has 0 aromatic heterocycles. The van der Waals surface area contributed by atoms with Crippen LogP contribution in [0.3, 0.4) is 0 Å². The summed E-state index contributed by atoms with van der Waals surface area (Å²) < 4.78 is 0.812. The van der Waals surface area contributed by atoms with Gasteiger partial charge < -0.3 is 10.2 Å². The first-order chi connectivity index (χ1) is 8.95. The molecule has 0 aliphatic carbocycles. The fraction of sp³-hybridized carbons (Fsp3) is 0.500. The Morgan fingerprint density at radius 3 is 2.58 bits per heavy atom. The number of halogens is 2. The van der Waals surface area contributed by atoms with Gasteiger partial charge in [0.05, 0.1) is 5.02 Å². The van der Waals surface area contributed by atoms with Crippen LogP contribution in [0.5, 0.6) is 0 Å². The van der Waals surface area contributed by atoms with Crippen LogP contribution in [0.4, 0.5) is 0 Å². The fourth-order valence-electron chi connectivity index (χ4n) is 2.27. The highest BCUT2D eigenvalue weighted by Crippen LogP contribution is 2.26. The first-order valence-corrected chi connectivity index (χ1v) is 7.55. The highest BCUT2D eigenvalue weighted by molar-refractivity contribution is 9.10. The van der Waals surface area contributed by atoms with Crippen molar-refractivity contribution in [3.63, 3.8) is 0 Å². The molecule has 1 aromatic carbocycles. The van der Waals surface area contributed by atoms with Gasteiger partial charge in [0.1, 0.15) is 0 Å². The molecule has 0 saturated carbocycles. The molecule has 1 aliphatic heterocycles. The molecule has 0 atom stereocenters. The Morgan fingerprint density at radius 1 is 1.42 bits per heavy atom. The van der Waals surface area contributed by atoms with E-state index in [2.05, 4.69) is 28.2 Å². The van der Waals surface area contributed by atoms with Gasteiger partial charge in [-0.2, -0.15) is 0 Å². The fourth-order valence-corrected chi connectivity index (χ4v) is 2.69. The first kappa shape index (κ1) is 14.8. The van der Waals surface area contributed by atoms with Crippen molar-refractivity contribution in [3.05, 3.63) is 33.3 Å². The van der Waals surface area contributed by atoms with Crippen molar-refractivity contribution in [1.29, 1.82) is 0 Å². The van der Waals surface area contributed by atoms with E-state index >= 15 is 0 Å². The van der Waals surface area contributed by atoms with Crippen molar-refractivity contribution >= 4 is 33.4 Å². The standard InChI is InChI=1S/C14H18BrClN2O/c1-14(17-2)5-7-18(8-6-14)13(19)10-3-4-11(15)12(16)9-10/h3-4,9,17H,5-8H2,1-2H3. The smallest absolute Gasteiger partial charge is 0.253 e. The van der Waals surface area contributed by atoms with Crippen molar-refractivity contribution in [2.45, 2.75) is 25.3 Å². The Hall–Kier alpha value is -0.580. The van der Waals surface area contributed by atoms with E-state index in [4.69, 9.17) is 11.6 Å². The van der Waals surface area contributed by atoms with E-state index in [1.165, 1.54) is 0 Å². The molecule has 1 aromatic rings. The maximum absolute atomic E-state index is 12.4. The van der Waals surface area contributed by atoms with Crippen molar-refractivity contribution in [2.24, 2.45) is 0 Å². The summed E-state index contributed by atoms with van der Waals surface area (Å²) in [6.07, 6.45) is 1.94. The monoisotopic (exact) mass is 344 g/mol. The maximum atomic E-state index is 12.4. The first-order valence-electron chi connectivity index (χ1n) is 6.38. The summed E-state index contributed by atoms with van der Waals surface area (Å²) in [5, 5.41) is 3.90. The molecular weight excluding hydrogens is 328 g/mol. The van der Waals surface area contributed by atoms with Gasteiger partial charge in [-0.15, -0.1) is 0 Å². The van der Waals surface area contributed by atoms with E-state index in [1.54, 1.807) is 6.07 Å². The van der Waals surface area contributed by atoms with Gasteiger partial charge in [-0.1, -0.05) is 11.6 Å². The third kappa shape index (κ3) is 3.30. The molecule has 104 valence electrons. The maximum Gasteiger partial charge on any atom is 0.253 e. The number of carbonyl (C=O) groups excluding carboxylic acids is 1. The number of rotatable bonds is 2. The van der Waals surface area contributed by atoms with Crippen LogP contribution >= 0.6 is 27.5 Å². The molecule has 19 heavy (non-hydrogen) atoms. The molecule has 1 fully saturated rings. The van der Waals surface area contributed by atoms with Crippen LogP contribution in [0.1, 0.15) is 30.1 Å². The number of nitrogens with one attached hydrogen (secondary N) is 1. The van der Waals surface area contributed by atoms with Gasteiger partial charge in [-0.25, -0.2) is 0 Å². The third-order valence-electron chi connectivity index (χ3n) is 3.92. The Kier molecular flexibility index (Phi) is 4.54. The number of piperidine rings is 1. The van der Waals surface area contributed by atoms with Gasteiger partial charge in [-0.3, -0.25) is 4.79 Å². The van der Waals surface area contributed by atoms with Gasteiger partial charge in [0, 0.05) is 28.7 Å². The summed E-state index contributed by atoms with van der Waals surface area (Å²) in [6, 6.07) is 5.35. The zero-order chi connectivity index (χ0) is 14.0. The molecule has 2 rings (SSSR count). The number of carbonyl (C=O) groups is 1. The van der Waals surface area contributed by atoms with E-state index < -0.39 is 0 Å². The van der Waals surface area contributed by atoms with Crippen LogP contribution in [-0.4, -0.2) is 36.5 Å². The predicted octanol–water partition coefficient (Wildman–Crippen LogP) is 3.32. The lowest BCUT2D eigenvalue weighted by atomic mass is 9.89. The highest BCUT2D eigenvalue weighted by Gasteiger charge is 2.30. The number of benzene rings is 1. The van der Waals surface area contributed by atoms with Gasteiger partial charge in [0.25, 0.3) is 5.91 Å². The minimum absolute atomic E-state index is 0.0625. The lowest BCUT2D eigenvalue weighted by molar-refractivity contribution is 0.0662. The van der Waals surface area contributed by atoms with Crippen LogP contribution in [0.2, 0.25) is 5.02 Å². The zero-order valence-corrected chi connectivity index (χ0v) is 13.5. The van der Waals surface area contributed by atoms with Gasteiger partial charge in [-0.05, 0) is 60.9 Å². The summed E-state index contributed by atoms with van der Waals surface area (Å²) in [7, 11) is 1.98. The molecule has 0 spiro atoms. The van der Waals surface area contributed by atoms with E-state index in [0.29, 0.717) is 10.6 Å². The van der Waals surface area contributed by atoms with Crippen LogP contribution in [0, 0.1) is 0 Å². The molecular formula is C14H18BrClN2O. The van der Waals surface area contributed by atoms with E-state index in [9.17, 15) is 4.79 Å². The minimum Gasteiger partial charge on any atom is -0.339 e. The second kappa shape index (κ2) is 5.81. The molecule has 1 amide bonds. The highest BCUT2D eigenvalue weighted by atomic mass is 79.9. The Labute approximate surface area is 127 Å². The lowest BCUT2D eigenvalue weighted by Crippen LogP contribution is -2.51. The molecule has 0 radical (unpaired) electrons. The summed E-state index contributed by atoms with van der Waals surface area (Å²) >= 11 is 9.37. The summed E-state index contributed by atoms with van der Waals surface area (Å²) in [5.74, 6) is 0.0625. The normalized spacial score (nSPS) is 18.4. The SMILES string of the molecule is CNC1(C)CCN(C(=O)c2ccc(Br)c(Cl)c2)CC1. The van der Waals surface area contributed by atoms with Crippen LogP contribution < -0.4 is 5.32 Å². The van der Waals surface area contributed by atoms with Crippen molar-refractivity contribution < 1.29 is 4.79 Å². The molecule has 0 bridgehead atoms. The number of nitrogens with zero attached hydrogens (tertiary/aromatic N) is 1. The summed E-state index contributed by atoms with van der Waals surface area (Å²) in [4.78, 5) is 14.3. The number of hydrogen-bond donors (Lipinski definition) is 1. The number of likely N-dealkylation sites (tertiary alicyclic amines) is 1. The van der Waals surface area contributed by atoms with Crippen LogP contribution in [0.15, 0.2) is 22.7 Å². The van der Waals surface area contributed by atoms with E-state index in [1.807, 2.05) is 24.1 Å². The average Bonchev–Trinajstić information content (AvgIpc) is 2.42. The molecule has 0 unspecified atom stereocenters. The molecule has 1 heterocycles. The molecule has 1 N–H and O–H groups in total. The number of hydrogen-bond acceptors (Lipinski definition) is 2. The lowest BCUT2D eigenvalue weighted by Gasteiger charge is -2.39. The topological polar surface area (TPSA) is 32.3 Å².